The van der Waals surface area contributed by atoms with Crippen molar-refractivity contribution in [1.29, 1.82) is 0 Å². The molecule has 0 unspecified atom stereocenters. The quantitative estimate of drug-likeness (QED) is 0.0410. The number of benzene rings is 6. The SMILES string of the molecule is C[N+](C)(CCC[n+]1c(-c2ccccc2)c2cc(N)ccc2c2ccc(N)cc21)CC[N+](C)(C)CCC[n+]1c(-c2ccccc2)c2cc(N)ccc2c2ccc(N)cc21. The van der Waals surface area contributed by atoms with Crippen LogP contribution < -0.4 is 32.1 Å². The highest BCUT2D eigenvalue weighted by atomic mass is 15.4. The van der Waals surface area contributed by atoms with E-state index in [-0.39, 0.29) is 0 Å². The molecule has 0 amide bonds. The van der Waals surface area contributed by atoms with E-state index >= 15 is 0 Å². The Morgan fingerprint density at radius 1 is 0.379 bits per heavy atom. The molecule has 2 heterocycles. The molecule has 0 aliphatic heterocycles. The molecule has 8 aromatic rings. The number of nitrogens with zero attached hydrogens (tertiary/aromatic N) is 4. The van der Waals surface area contributed by atoms with Crippen LogP contribution in [0.5, 0.6) is 0 Å². The van der Waals surface area contributed by atoms with Crippen LogP contribution >= 0.6 is 0 Å². The second-order valence-corrected chi connectivity index (χ2v) is 17.4. The highest BCUT2D eigenvalue weighted by molar-refractivity contribution is 6.11. The number of hydrogen-bond acceptors (Lipinski definition) is 4. The third-order valence-corrected chi connectivity index (χ3v) is 12.0. The van der Waals surface area contributed by atoms with E-state index in [9.17, 15) is 0 Å². The van der Waals surface area contributed by atoms with E-state index in [1.54, 1.807) is 0 Å². The summed E-state index contributed by atoms with van der Waals surface area (Å²) in [5.74, 6) is 0. The fourth-order valence-corrected chi connectivity index (χ4v) is 8.87. The van der Waals surface area contributed by atoms with E-state index in [0.29, 0.717) is 0 Å². The maximum atomic E-state index is 6.44. The number of fused-ring (bicyclic) bond motifs is 6. The van der Waals surface area contributed by atoms with Crippen LogP contribution in [0.25, 0.3) is 65.9 Å². The van der Waals surface area contributed by atoms with Gasteiger partial charge in [-0.1, -0.05) is 48.5 Å². The fraction of sp³-hybridized carbons (Fsp3) is 0.240. The Morgan fingerprint density at radius 2 is 0.724 bits per heavy atom. The topological polar surface area (TPSA) is 112 Å². The molecule has 0 spiro atoms. The summed E-state index contributed by atoms with van der Waals surface area (Å²) in [4.78, 5) is 0. The van der Waals surface area contributed by atoms with E-state index in [2.05, 4.69) is 147 Å². The zero-order chi connectivity index (χ0) is 40.6. The standard InChI is InChI=1S/C50H56N8/c1-57(2,27-11-25-55-47-33-39(53)19-23-43(47)41-21-17-37(51)31-45(41)49(55)35-13-7-5-8-14-35)29-30-58(3,4)28-12-26-56-48-34-40(54)20-24-44(48)42-22-18-38(52)32-46(42)50(56)36-15-9-6-10-16-36/h5-10,13-24,31-34,53-54H,11-12,25-30,51-52H2,1-4H3/q+2/p+2. The van der Waals surface area contributed by atoms with Gasteiger partial charge in [0, 0.05) is 56.8 Å². The summed E-state index contributed by atoms with van der Waals surface area (Å²) in [6.45, 7) is 5.97. The molecular weight excluding hydrogens is 713 g/mol. The average molecular weight is 771 g/mol. The molecule has 294 valence electrons. The largest absolute Gasteiger partial charge is 0.399 e. The summed E-state index contributed by atoms with van der Waals surface area (Å²) >= 11 is 0. The summed E-state index contributed by atoms with van der Waals surface area (Å²) in [6, 6.07) is 46.5. The third-order valence-electron chi connectivity index (χ3n) is 12.0. The van der Waals surface area contributed by atoms with Gasteiger partial charge in [0.25, 0.3) is 0 Å². The summed E-state index contributed by atoms with van der Waals surface area (Å²) in [7, 11) is 9.50. The molecule has 0 aliphatic carbocycles. The first-order valence-electron chi connectivity index (χ1n) is 20.5. The van der Waals surface area contributed by atoms with Crippen LogP contribution in [0.4, 0.5) is 22.7 Å². The number of pyridine rings is 2. The van der Waals surface area contributed by atoms with Crippen LogP contribution in [0.3, 0.4) is 0 Å². The Bertz CT molecular complexity index is 2580. The molecule has 0 atom stereocenters. The lowest BCUT2D eigenvalue weighted by Crippen LogP contribution is -2.52. The minimum atomic E-state index is 0.764. The minimum absolute atomic E-state index is 0.764. The van der Waals surface area contributed by atoms with E-state index in [1.165, 1.54) is 44.1 Å². The van der Waals surface area contributed by atoms with Crippen molar-refractivity contribution in [2.45, 2.75) is 25.9 Å². The van der Waals surface area contributed by atoms with Crippen molar-refractivity contribution in [1.82, 2.24) is 0 Å². The van der Waals surface area contributed by atoms with Gasteiger partial charge in [-0.25, -0.2) is 0 Å². The maximum absolute atomic E-state index is 6.44. The van der Waals surface area contributed by atoms with Crippen LogP contribution in [0.1, 0.15) is 12.8 Å². The fourth-order valence-electron chi connectivity index (χ4n) is 8.87. The van der Waals surface area contributed by atoms with Gasteiger partial charge in [0.05, 0.1) is 75.7 Å². The molecule has 0 saturated heterocycles. The molecule has 6 aromatic carbocycles. The van der Waals surface area contributed by atoms with Crippen LogP contribution in [0, 0.1) is 0 Å². The van der Waals surface area contributed by atoms with E-state index in [0.717, 1.165) is 106 Å². The molecule has 8 N–H and O–H groups in total. The number of rotatable bonds is 13. The summed E-state index contributed by atoms with van der Waals surface area (Å²) in [6.07, 6.45) is 2.04. The van der Waals surface area contributed by atoms with Gasteiger partial charge >= 0.3 is 0 Å². The number of aromatic nitrogens is 2. The highest BCUT2D eigenvalue weighted by Gasteiger charge is 2.29. The Morgan fingerprint density at radius 3 is 1.10 bits per heavy atom. The molecule has 0 radical (unpaired) electrons. The van der Waals surface area contributed by atoms with Crippen molar-refractivity contribution >= 4 is 66.1 Å². The molecule has 0 fully saturated rings. The lowest BCUT2D eigenvalue weighted by molar-refractivity contribution is -0.947. The Kier molecular flexibility index (Phi) is 10.4. The number of nitrogens with two attached hydrogens (primary N) is 4. The van der Waals surface area contributed by atoms with Crippen molar-refractivity contribution < 1.29 is 18.1 Å². The predicted octanol–water partition coefficient (Wildman–Crippen LogP) is 8.17. The molecular formula is C50H58N8+4. The van der Waals surface area contributed by atoms with E-state index in [1.807, 2.05) is 24.3 Å². The van der Waals surface area contributed by atoms with Gasteiger partial charge in [0.15, 0.2) is 13.1 Å². The zero-order valence-electron chi connectivity index (χ0n) is 34.5. The Balaban J connectivity index is 1.00. The van der Waals surface area contributed by atoms with Crippen LogP contribution in [-0.2, 0) is 13.1 Å². The minimum Gasteiger partial charge on any atom is -0.399 e. The van der Waals surface area contributed by atoms with Crippen molar-refractivity contribution in [3.05, 3.63) is 133 Å². The first kappa shape index (κ1) is 38.6. The van der Waals surface area contributed by atoms with Crippen LogP contribution in [0.15, 0.2) is 133 Å². The second-order valence-electron chi connectivity index (χ2n) is 17.4. The van der Waals surface area contributed by atoms with E-state index < -0.39 is 0 Å². The van der Waals surface area contributed by atoms with Crippen molar-refractivity contribution in [3.63, 3.8) is 0 Å². The lowest BCUT2D eigenvalue weighted by Gasteiger charge is -2.35. The zero-order valence-corrected chi connectivity index (χ0v) is 34.5. The molecule has 0 saturated carbocycles. The van der Waals surface area contributed by atoms with Crippen molar-refractivity contribution in [2.24, 2.45) is 0 Å². The van der Waals surface area contributed by atoms with Crippen LogP contribution in [-0.4, -0.2) is 63.3 Å². The molecule has 8 nitrogen and oxygen atoms in total. The van der Waals surface area contributed by atoms with E-state index in [4.69, 9.17) is 22.9 Å². The number of likely N-dealkylation sites (N-methyl/N-ethyl adjacent to an activating group) is 2. The summed E-state index contributed by atoms with van der Waals surface area (Å²) in [5, 5.41) is 7.08. The Hall–Kier alpha value is -6.22. The Labute approximate surface area is 342 Å². The number of hydrogen-bond donors (Lipinski definition) is 4. The van der Waals surface area contributed by atoms with Crippen molar-refractivity contribution in [3.8, 4) is 22.5 Å². The molecule has 0 bridgehead atoms. The molecule has 58 heavy (non-hydrogen) atoms. The first-order chi connectivity index (χ1) is 27.9. The molecule has 2 aromatic heterocycles. The lowest BCUT2D eigenvalue weighted by atomic mass is 9.98. The molecule has 0 aliphatic rings. The van der Waals surface area contributed by atoms with Gasteiger partial charge in [0.2, 0.25) is 22.4 Å². The van der Waals surface area contributed by atoms with Gasteiger partial charge < -0.3 is 31.9 Å². The number of aryl methyl sites for hydroxylation is 2. The summed E-state index contributed by atoms with van der Waals surface area (Å²) < 4.78 is 6.82. The van der Waals surface area contributed by atoms with Gasteiger partial charge in [-0.15, -0.1) is 0 Å². The van der Waals surface area contributed by atoms with Crippen molar-refractivity contribution in [2.75, 3.05) is 77.3 Å². The highest BCUT2D eigenvalue weighted by Crippen LogP contribution is 2.35. The van der Waals surface area contributed by atoms with Gasteiger partial charge in [0.1, 0.15) is 13.1 Å². The summed E-state index contributed by atoms with van der Waals surface area (Å²) in [5.41, 5.74) is 35.8. The third kappa shape index (κ3) is 7.86. The number of quaternary nitrogens is 2. The van der Waals surface area contributed by atoms with Gasteiger partial charge in [-0.05, 0) is 72.8 Å². The molecule has 8 rings (SSSR count). The van der Waals surface area contributed by atoms with Gasteiger partial charge in [-0.3, -0.25) is 0 Å². The van der Waals surface area contributed by atoms with Gasteiger partial charge in [-0.2, -0.15) is 9.13 Å². The number of nitrogen functional groups attached to an aromatic ring is 4. The monoisotopic (exact) mass is 770 g/mol. The average Bonchev–Trinajstić information content (AvgIpc) is 3.20. The maximum Gasteiger partial charge on any atom is 0.220 e. The number of anilines is 4. The molecule has 8 heteroatoms. The smallest absolute Gasteiger partial charge is 0.220 e. The van der Waals surface area contributed by atoms with Crippen LogP contribution in [0.2, 0.25) is 0 Å². The second kappa shape index (κ2) is 15.6. The predicted molar refractivity (Wildman–Crippen MR) is 245 cm³/mol. The first-order valence-corrected chi connectivity index (χ1v) is 20.5. The normalized spacial score (nSPS) is 12.3.